The van der Waals surface area contributed by atoms with E-state index in [-0.39, 0.29) is 11.6 Å². The van der Waals surface area contributed by atoms with Crippen LogP contribution in [0.25, 0.3) is 33.4 Å². The molecule has 1 aromatic carbocycles. The minimum absolute atomic E-state index is 0.165. The summed E-state index contributed by atoms with van der Waals surface area (Å²) in [5.74, 6) is 1.79. The van der Waals surface area contributed by atoms with Gasteiger partial charge in [0.2, 0.25) is 5.95 Å². The second-order valence-corrected chi connectivity index (χ2v) is 8.21. The number of ether oxygens (including phenoxy) is 1. The van der Waals surface area contributed by atoms with Crippen molar-refractivity contribution in [3.63, 3.8) is 0 Å². The van der Waals surface area contributed by atoms with Gasteiger partial charge >= 0.3 is 0 Å². The van der Waals surface area contributed by atoms with Crippen LogP contribution in [0.4, 0.5) is 5.95 Å². The number of nitrogens with one attached hydrogen (secondary N) is 2. The maximum Gasteiger partial charge on any atom is 0.261 e. The van der Waals surface area contributed by atoms with Crippen molar-refractivity contribution in [1.29, 1.82) is 0 Å². The van der Waals surface area contributed by atoms with Gasteiger partial charge in [-0.05, 0) is 44.2 Å². The molecular formula is C25H23N7O2. The lowest BCUT2D eigenvalue weighted by Crippen LogP contribution is -2.18. The van der Waals surface area contributed by atoms with Crippen LogP contribution in [0, 0.1) is 0 Å². The van der Waals surface area contributed by atoms with Gasteiger partial charge in [-0.1, -0.05) is 6.07 Å². The van der Waals surface area contributed by atoms with Gasteiger partial charge in [0.05, 0.1) is 28.7 Å². The van der Waals surface area contributed by atoms with Crippen LogP contribution in [0.2, 0.25) is 0 Å². The topological polar surface area (TPSA) is 111 Å². The van der Waals surface area contributed by atoms with Gasteiger partial charge in [-0.3, -0.25) is 19.4 Å². The molecule has 5 rings (SSSR count). The lowest BCUT2D eigenvalue weighted by atomic mass is 10.1. The van der Waals surface area contributed by atoms with Crippen LogP contribution in [0.3, 0.4) is 0 Å². The van der Waals surface area contributed by atoms with E-state index in [1.807, 2.05) is 63.5 Å². The molecule has 0 saturated carbocycles. The van der Waals surface area contributed by atoms with E-state index in [0.717, 1.165) is 22.2 Å². The number of aromatic amines is 1. The number of aromatic nitrogens is 6. The number of hydrogen-bond donors (Lipinski definition) is 2. The molecule has 0 aliphatic rings. The first-order chi connectivity index (χ1) is 16.4. The average molecular weight is 454 g/mol. The predicted octanol–water partition coefficient (Wildman–Crippen LogP) is 4.39. The number of rotatable bonds is 6. The van der Waals surface area contributed by atoms with Gasteiger partial charge in [-0.2, -0.15) is 5.10 Å². The summed E-state index contributed by atoms with van der Waals surface area (Å²) in [6.07, 6.45) is 6.92. The Morgan fingerprint density at radius 2 is 1.85 bits per heavy atom. The molecule has 0 bridgehead atoms. The van der Waals surface area contributed by atoms with Crippen LogP contribution >= 0.6 is 0 Å². The second-order valence-electron chi connectivity index (χ2n) is 8.21. The van der Waals surface area contributed by atoms with E-state index < -0.39 is 0 Å². The molecule has 9 heteroatoms. The SMILES string of the molecule is CC(C)Nc1ncc(-c2ccc3cc(Oc4ccnc(-c5cnn(C)c5)c4)ccc3n2)c(=O)[nH]1. The predicted molar refractivity (Wildman–Crippen MR) is 131 cm³/mol. The van der Waals surface area contributed by atoms with E-state index in [0.29, 0.717) is 28.7 Å². The lowest BCUT2D eigenvalue weighted by molar-refractivity contribution is 0.483. The van der Waals surface area contributed by atoms with E-state index >= 15 is 0 Å². The number of fused-ring (bicyclic) bond motifs is 1. The molecule has 34 heavy (non-hydrogen) atoms. The quantitative estimate of drug-likeness (QED) is 0.392. The summed E-state index contributed by atoms with van der Waals surface area (Å²) in [7, 11) is 1.87. The highest BCUT2D eigenvalue weighted by Crippen LogP contribution is 2.28. The Morgan fingerprint density at radius 1 is 1.00 bits per heavy atom. The summed E-state index contributed by atoms with van der Waals surface area (Å²) >= 11 is 0. The highest BCUT2D eigenvalue weighted by molar-refractivity contribution is 5.83. The Bertz CT molecular complexity index is 1540. The molecule has 0 amide bonds. The molecule has 5 aromatic rings. The van der Waals surface area contributed by atoms with Crippen molar-refractivity contribution in [2.75, 3.05) is 5.32 Å². The van der Waals surface area contributed by atoms with Gasteiger partial charge in [0, 0.05) is 48.7 Å². The van der Waals surface area contributed by atoms with Crippen molar-refractivity contribution in [1.82, 2.24) is 29.7 Å². The van der Waals surface area contributed by atoms with Gasteiger partial charge in [0.25, 0.3) is 5.56 Å². The van der Waals surface area contributed by atoms with Crippen molar-refractivity contribution in [2.45, 2.75) is 19.9 Å². The zero-order valence-corrected chi connectivity index (χ0v) is 19.0. The third kappa shape index (κ3) is 4.49. The number of nitrogens with zero attached hydrogens (tertiary/aromatic N) is 5. The van der Waals surface area contributed by atoms with Crippen LogP contribution in [-0.4, -0.2) is 35.8 Å². The summed E-state index contributed by atoms with van der Waals surface area (Å²) in [5, 5.41) is 8.17. The van der Waals surface area contributed by atoms with E-state index in [9.17, 15) is 4.79 Å². The first-order valence-corrected chi connectivity index (χ1v) is 10.8. The fourth-order valence-corrected chi connectivity index (χ4v) is 3.56. The van der Waals surface area contributed by atoms with Crippen LogP contribution in [0.5, 0.6) is 11.5 Å². The van der Waals surface area contributed by atoms with Gasteiger partial charge in [-0.15, -0.1) is 0 Å². The molecule has 4 aromatic heterocycles. The van der Waals surface area contributed by atoms with Gasteiger partial charge in [-0.25, -0.2) is 9.97 Å². The van der Waals surface area contributed by atoms with E-state index in [1.54, 1.807) is 29.3 Å². The summed E-state index contributed by atoms with van der Waals surface area (Å²) in [5.41, 5.74) is 3.18. The molecule has 0 saturated heterocycles. The van der Waals surface area contributed by atoms with Crippen molar-refractivity contribution in [3.05, 3.63) is 77.6 Å². The van der Waals surface area contributed by atoms with E-state index in [2.05, 4.69) is 30.4 Å². The normalized spacial score (nSPS) is 11.2. The second kappa shape index (κ2) is 8.78. The number of hydrogen-bond acceptors (Lipinski definition) is 7. The monoisotopic (exact) mass is 453 g/mol. The standard InChI is InChI=1S/C25H23N7O2/c1-15(2)29-25-27-13-20(24(33)31-25)22-6-4-16-10-18(5-7-21(16)30-22)34-19-8-9-26-23(11-19)17-12-28-32(3)14-17/h4-15H,1-3H3,(H2,27,29,31,33). The van der Waals surface area contributed by atoms with Crippen molar-refractivity contribution < 1.29 is 4.74 Å². The third-order valence-corrected chi connectivity index (χ3v) is 5.13. The Hall–Kier alpha value is -4.53. The maximum atomic E-state index is 12.5. The summed E-state index contributed by atoms with van der Waals surface area (Å²) in [6, 6.07) is 13.2. The van der Waals surface area contributed by atoms with Crippen LogP contribution < -0.4 is 15.6 Å². The van der Waals surface area contributed by atoms with Crippen molar-refractivity contribution in [2.24, 2.45) is 7.05 Å². The molecule has 0 aliphatic heterocycles. The Labute approximate surface area is 195 Å². The zero-order valence-electron chi connectivity index (χ0n) is 19.0. The summed E-state index contributed by atoms with van der Waals surface area (Å²) in [6.45, 7) is 3.95. The van der Waals surface area contributed by atoms with Gasteiger partial charge < -0.3 is 10.1 Å². The van der Waals surface area contributed by atoms with Gasteiger partial charge in [0.1, 0.15) is 11.5 Å². The fraction of sp³-hybridized carbons (Fsp3) is 0.160. The highest BCUT2D eigenvalue weighted by atomic mass is 16.5. The molecule has 0 aliphatic carbocycles. The number of aryl methyl sites for hydroxylation is 1. The summed E-state index contributed by atoms with van der Waals surface area (Å²) < 4.78 is 7.80. The average Bonchev–Trinajstić information content (AvgIpc) is 3.25. The molecule has 0 radical (unpaired) electrons. The number of anilines is 1. The maximum absolute atomic E-state index is 12.5. The van der Waals surface area contributed by atoms with Crippen LogP contribution in [0.1, 0.15) is 13.8 Å². The van der Waals surface area contributed by atoms with Crippen molar-refractivity contribution in [3.8, 4) is 34.0 Å². The third-order valence-electron chi connectivity index (χ3n) is 5.13. The van der Waals surface area contributed by atoms with E-state index in [4.69, 9.17) is 4.74 Å². The minimum atomic E-state index is -0.243. The molecule has 0 spiro atoms. The number of H-pyrrole nitrogens is 1. The highest BCUT2D eigenvalue weighted by Gasteiger charge is 2.10. The number of benzene rings is 1. The fourth-order valence-electron chi connectivity index (χ4n) is 3.56. The van der Waals surface area contributed by atoms with Crippen LogP contribution in [-0.2, 0) is 7.05 Å². The zero-order chi connectivity index (χ0) is 23.7. The molecule has 170 valence electrons. The Morgan fingerprint density at radius 3 is 2.62 bits per heavy atom. The van der Waals surface area contributed by atoms with E-state index in [1.165, 1.54) is 0 Å². The lowest BCUT2D eigenvalue weighted by Gasteiger charge is -2.10. The largest absolute Gasteiger partial charge is 0.457 e. The summed E-state index contributed by atoms with van der Waals surface area (Å²) in [4.78, 5) is 28.6. The first kappa shape index (κ1) is 21.3. The molecule has 4 heterocycles. The Kier molecular flexibility index (Phi) is 5.51. The molecule has 0 fully saturated rings. The molecule has 2 N–H and O–H groups in total. The molecule has 9 nitrogen and oxygen atoms in total. The number of pyridine rings is 2. The minimum Gasteiger partial charge on any atom is -0.457 e. The molecule has 0 atom stereocenters. The van der Waals surface area contributed by atoms with Gasteiger partial charge in [0.15, 0.2) is 0 Å². The first-order valence-electron chi connectivity index (χ1n) is 10.8. The molecule has 0 unspecified atom stereocenters. The smallest absolute Gasteiger partial charge is 0.261 e. The van der Waals surface area contributed by atoms with Crippen LogP contribution in [0.15, 0.2) is 72.0 Å². The van der Waals surface area contributed by atoms with Crippen molar-refractivity contribution >= 4 is 16.9 Å². The Balaban J connectivity index is 1.39. The molecular weight excluding hydrogens is 430 g/mol.